The molecule has 5 aromatic rings. The van der Waals surface area contributed by atoms with Gasteiger partial charge in [0, 0.05) is 18.2 Å². The van der Waals surface area contributed by atoms with Crippen molar-refractivity contribution in [2.75, 3.05) is 5.32 Å². The third kappa shape index (κ3) is 5.75. The van der Waals surface area contributed by atoms with Crippen LogP contribution in [-0.2, 0) is 26.3 Å². The molecule has 0 aliphatic carbocycles. The lowest BCUT2D eigenvalue weighted by atomic mass is 10.0. The number of amides is 3. The van der Waals surface area contributed by atoms with Crippen LogP contribution in [0.3, 0.4) is 0 Å². The lowest BCUT2D eigenvalue weighted by molar-refractivity contribution is -0.123. The molecular formula is C33H24N2O6S2. The van der Waals surface area contributed by atoms with E-state index in [1.807, 2.05) is 54.6 Å². The fraction of sp³-hybridized carbons (Fsp3) is 0.0606. The maximum absolute atomic E-state index is 13.6. The van der Waals surface area contributed by atoms with Crippen LogP contribution in [-0.4, -0.2) is 30.4 Å². The molecule has 0 unspecified atom stereocenters. The van der Waals surface area contributed by atoms with Gasteiger partial charge in [-0.05, 0) is 75.3 Å². The van der Waals surface area contributed by atoms with Gasteiger partial charge in [-0.2, -0.15) is 8.42 Å². The summed E-state index contributed by atoms with van der Waals surface area (Å²) in [7, 11) is -4.29. The molecule has 8 nitrogen and oxygen atoms in total. The van der Waals surface area contributed by atoms with E-state index < -0.39 is 21.3 Å². The Kier molecular flexibility index (Phi) is 7.47. The summed E-state index contributed by atoms with van der Waals surface area (Å²) < 4.78 is 32.2. The number of benzene rings is 5. The Labute approximate surface area is 252 Å². The van der Waals surface area contributed by atoms with Gasteiger partial charge in [0.05, 0.1) is 11.4 Å². The van der Waals surface area contributed by atoms with Crippen molar-refractivity contribution < 1.29 is 27.0 Å². The van der Waals surface area contributed by atoms with Gasteiger partial charge in [-0.25, -0.2) is 0 Å². The zero-order chi connectivity index (χ0) is 30.1. The summed E-state index contributed by atoms with van der Waals surface area (Å²) in [5.74, 6) is -0.752. The first-order chi connectivity index (χ1) is 20.7. The highest BCUT2D eigenvalue weighted by Crippen LogP contribution is 2.38. The van der Waals surface area contributed by atoms with Crippen LogP contribution in [0.4, 0.5) is 10.5 Å². The van der Waals surface area contributed by atoms with Gasteiger partial charge in [0.15, 0.2) is 5.75 Å². The Balaban J connectivity index is 1.35. The van der Waals surface area contributed by atoms with Gasteiger partial charge < -0.3 is 9.50 Å². The number of rotatable bonds is 7. The van der Waals surface area contributed by atoms with Crippen LogP contribution in [0.15, 0.2) is 113 Å². The third-order valence-electron chi connectivity index (χ3n) is 6.95. The molecule has 0 radical (unpaired) electrons. The normalized spacial score (nSPS) is 14.5. The molecule has 5 aromatic carbocycles. The number of nitrogens with one attached hydrogen (secondary N) is 1. The molecule has 1 aliphatic heterocycles. The predicted molar refractivity (Wildman–Crippen MR) is 168 cm³/mol. The minimum Gasteiger partial charge on any atom is -0.378 e. The molecule has 1 N–H and O–H groups in total. The molecule has 0 atom stereocenters. The molecule has 1 heterocycles. The Bertz CT molecular complexity index is 2070. The van der Waals surface area contributed by atoms with E-state index in [0.717, 1.165) is 33.5 Å². The average molecular weight is 609 g/mol. The molecule has 0 aromatic heterocycles. The molecule has 214 valence electrons. The van der Waals surface area contributed by atoms with Crippen molar-refractivity contribution in [2.45, 2.75) is 18.4 Å². The number of carbonyl (C=O) groups excluding carboxylic acids is 3. The maximum Gasteiger partial charge on any atom is 0.339 e. The first-order valence-corrected chi connectivity index (χ1v) is 15.5. The Morgan fingerprint density at radius 3 is 2.21 bits per heavy atom. The highest BCUT2D eigenvalue weighted by molar-refractivity contribution is 8.18. The maximum atomic E-state index is 13.6. The number of nitrogens with zero attached hydrogens (tertiary/aromatic N) is 1. The number of carbonyl (C=O) groups is 3. The molecule has 6 rings (SSSR count). The first kappa shape index (κ1) is 28.2. The molecule has 1 aliphatic rings. The monoisotopic (exact) mass is 608 g/mol. The Morgan fingerprint density at radius 2 is 1.49 bits per heavy atom. The molecule has 1 fully saturated rings. The van der Waals surface area contributed by atoms with Gasteiger partial charge in [0.1, 0.15) is 4.90 Å². The van der Waals surface area contributed by atoms with Gasteiger partial charge in [0.25, 0.3) is 11.1 Å². The van der Waals surface area contributed by atoms with Crippen molar-refractivity contribution in [3.05, 3.63) is 119 Å². The number of imide groups is 1. The molecule has 43 heavy (non-hydrogen) atoms. The molecular weight excluding hydrogens is 585 g/mol. The van der Waals surface area contributed by atoms with E-state index >= 15 is 0 Å². The quantitative estimate of drug-likeness (QED) is 0.157. The molecule has 3 amide bonds. The first-order valence-electron chi connectivity index (χ1n) is 13.3. The summed E-state index contributed by atoms with van der Waals surface area (Å²) in [5, 5.41) is 5.58. The van der Waals surface area contributed by atoms with Gasteiger partial charge in [0.2, 0.25) is 5.91 Å². The van der Waals surface area contributed by atoms with Crippen molar-refractivity contribution in [3.63, 3.8) is 0 Å². The van der Waals surface area contributed by atoms with Gasteiger partial charge in [-0.3, -0.25) is 19.3 Å². The number of fused-ring (bicyclic) bond motifs is 2. The number of anilines is 1. The van der Waals surface area contributed by atoms with E-state index in [1.54, 1.807) is 18.2 Å². The van der Waals surface area contributed by atoms with E-state index in [0.29, 0.717) is 16.6 Å². The second-order valence-electron chi connectivity index (χ2n) is 9.85. The standard InChI is InChI=1S/C33H24N2O6S2/c1-21(36)34-25-14-16-26(17-15-25)43(39,40)41-30-18-13-23-8-3-5-12-28(23)29(30)19-31-32(37)35(33(38)42-31)20-24-10-6-9-22-7-2-4-11-27(22)24/h2-19H,20H2,1H3,(H,34,36)/b31-19-. The fourth-order valence-electron chi connectivity index (χ4n) is 4.94. The number of hydrogen-bond donors (Lipinski definition) is 1. The Morgan fingerprint density at radius 1 is 0.837 bits per heavy atom. The van der Waals surface area contributed by atoms with Crippen LogP contribution < -0.4 is 9.50 Å². The SMILES string of the molecule is CC(=O)Nc1ccc(S(=O)(=O)Oc2ccc3ccccc3c2/C=C2\SC(=O)N(Cc3cccc4ccccc34)C2=O)cc1. The highest BCUT2D eigenvalue weighted by atomic mass is 32.2. The minimum atomic E-state index is -4.29. The van der Waals surface area contributed by atoms with Crippen molar-refractivity contribution >= 4 is 72.2 Å². The third-order valence-corrected chi connectivity index (χ3v) is 9.11. The lowest BCUT2D eigenvalue weighted by Crippen LogP contribution is -2.27. The largest absolute Gasteiger partial charge is 0.378 e. The van der Waals surface area contributed by atoms with Crippen molar-refractivity contribution in [1.82, 2.24) is 4.90 Å². The summed E-state index contributed by atoms with van der Waals surface area (Å²) in [5.41, 5.74) is 1.63. The van der Waals surface area contributed by atoms with Crippen molar-refractivity contribution in [3.8, 4) is 5.75 Å². The summed E-state index contributed by atoms with van der Waals surface area (Å²) in [6, 6.07) is 29.7. The predicted octanol–water partition coefficient (Wildman–Crippen LogP) is 6.96. The van der Waals surface area contributed by atoms with Crippen LogP contribution in [0.2, 0.25) is 0 Å². The van der Waals surface area contributed by atoms with Crippen LogP contribution >= 0.6 is 11.8 Å². The van der Waals surface area contributed by atoms with Crippen molar-refractivity contribution in [2.24, 2.45) is 0 Å². The molecule has 1 saturated heterocycles. The second kappa shape index (κ2) is 11.4. The number of hydrogen-bond acceptors (Lipinski definition) is 7. The summed E-state index contributed by atoms with van der Waals surface area (Å²) in [6.45, 7) is 1.46. The minimum absolute atomic E-state index is 0.00508. The smallest absolute Gasteiger partial charge is 0.339 e. The molecule has 0 saturated carbocycles. The summed E-state index contributed by atoms with van der Waals surface area (Å²) in [4.78, 5) is 39.2. The highest BCUT2D eigenvalue weighted by Gasteiger charge is 2.36. The van der Waals surface area contributed by atoms with E-state index in [4.69, 9.17) is 4.18 Å². The zero-order valence-electron chi connectivity index (χ0n) is 22.8. The van der Waals surface area contributed by atoms with Crippen LogP contribution in [0.5, 0.6) is 5.75 Å². The van der Waals surface area contributed by atoms with E-state index in [1.165, 1.54) is 48.2 Å². The second-order valence-corrected chi connectivity index (χ2v) is 12.4. The van der Waals surface area contributed by atoms with Crippen LogP contribution in [0.25, 0.3) is 27.6 Å². The van der Waals surface area contributed by atoms with Crippen LogP contribution in [0, 0.1) is 0 Å². The van der Waals surface area contributed by atoms with Gasteiger partial charge in [-0.15, -0.1) is 0 Å². The van der Waals surface area contributed by atoms with Crippen molar-refractivity contribution in [1.29, 1.82) is 0 Å². The van der Waals surface area contributed by atoms with Gasteiger partial charge in [-0.1, -0.05) is 72.8 Å². The average Bonchev–Trinajstić information content (AvgIpc) is 3.25. The fourth-order valence-corrected chi connectivity index (χ4v) is 6.71. The van der Waals surface area contributed by atoms with Gasteiger partial charge >= 0.3 is 10.1 Å². The molecule has 10 heteroatoms. The van der Waals surface area contributed by atoms with E-state index in [-0.39, 0.29) is 28.0 Å². The number of thioether (sulfide) groups is 1. The van der Waals surface area contributed by atoms with E-state index in [9.17, 15) is 22.8 Å². The van der Waals surface area contributed by atoms with Crippen LogP contribution in [0.1, 0.15) is 18.1 Å². The summed E-state index contributed by atoms with van der Waals surface area (Å²) >= 11 is 0.798. The topological polar surface area (TPSA) is 110 Å². The zero-order valence-corrected chi connectivity index (χ0v) is 24.4. The molecule has 0 bridgehead atoms. The Hall–Kier alpha value is -4.93. The lowest BCUT2D eigenvalue weighted by Gasteiger charge is -2.15. The summed E-state index contributed by atoms with van der Waals surface area (Å²) in [6.07, 6.45) is 1.51. The molecule has 0 spiro atoms. The van der Waals surface area contributed by atoms with E-state index in [2.05, 4.69) is 5.32 Å².